The van der Waals surface area contributed by atoms with E-state index in [1.165, 1.54) is 16.5 Å². The molecule has 0 amide bonds. The van der Waals surface area contributed by atoms with Gasteiger partial charge < -0.3 is 15.0 Å². The average Bonchev–Trinajstić information content (AvgIpc) is 3.16. The number of nitrogens with zero attached hydrogens (tertiary/aromatic N) is 1. The van der Waals surface area contributed by atoms with Crippen LogP contribution in [0.25, 0.3) is 10.9 Å². The highest BCUT2D eigenvalue weighted by Crippen LogP contribution is 2.38. The highest BCUT2D eigenvalue weighted by molar-refractivity contribution is 6.32. The Morgan fingerprint density at radius 1 is 1.29 bits per heavy atom. The molecule has 5 heteroatoms. The van der Waals surface area contributed by atoms with Crippen molar-refractivity contribution in [2.24, 2.45) is 5.92 Å². The lowest BCUT2D eigenvalue weighted by Crippen LogP contribution is -2.37. The van der Waals surface area contributed by atoms with Gasteiger partial charge in [-0.15, -0.1) is 0 Å². The number of carbonyl (C=O) groups is 1. The smallest absolute Gasteiger partial charge is 0.335 e. The Balaban J connectivity index is 1.67. The van der Waals surface area contributed by atoms with E-state index in [-0.39, 0.29) is 0 Å². The van der Waals surface area contributed by atoms with E-state index >= 15 is 0 Å². The lowest BCUT2D eigenvalue weighted by atomic mass is 9.77. The SMILES string of the molecule is Cc1cc(Cl)c(C[C@@H]2CCN(C)C[C@H]2c2ccc(C(=O)O)cc2)c2cc[nH]c12. The molecule has 3 aromatic rings. The number of aromatic nitrogens is 1. The van der Waals surface area contributed by atoms with Crippen LogP contribution in [-0.4, -0.2) is 41.1 Å². The molecule has 4 rings (SSSR count). The molecule has 28 heavy (non-hydrogen) atoms. The fraction of sp³-hybridized carbons (Fsp3) is 0.348. The van der Waals surface area contributed by atoms with Gasteiger partial charge in [0.15, 0.2) is 0 Å². The van der Waals surface area contributed by atoms with Crippen LogP contribution in [0.3, 0.4) is 0 Å². The van der Waals surface area contributed by atoms with E-state index in [4.69, 9.17) is 11.6 Å². The lowest BCUT2D eigenvalue weighted by Gasteiger charge is -2.37. The Kier molecular flexibility index (Phi) is 5.17. The summed E-state index contributed by atoms with van der Waals surface area (Å²) in [6.07, 6.45) is 4.00. The predicted octanol–water partition coefficient (Wildman–Crippen LogP) is 5.11. The molecule has 2 aromatic carbocycles. The second-order valence-electron chi connectivity index (χ2n) is 7.97. The van der Waals surface area contributed by atoms with Crippen molar-refractivity contribution in [3.8, 4) is 0 Å². The number of aromatic amines is 1. The fourth-order valence-corrected chi connectivity index (χ4v) is 4.90. The Morgan fingerprint density at radius 2 is 2.04 bits per heavy atom. The van der Waals surface area contributed by atoms with Gasteiger partial charge in [0, 0.05) is 28.7 Å². The van der Waals surface area contributed by atoms with Crippen molar-refractivity contribution >= 4 is 28.5 Å². The van der Waals surface area contributed by atoms with E-state index in [0.717, 1.165) is 42.0 Å². The van der Waals surface area contributed by atoms with Gasteiger partial charge in [-0.1, -0.05) is 23.7 Å². The molecule has 1 saturated heterocycles. The van der Waals surface area contributed by atoms with Gasteiger partial charge in [-0.25, -0.2) is 4.79 Å². The van der Waals surface area contributed by atoms with Crippen molar-refractivity contribution < 1.29 is 9.90 Å². The molecular weight excluding hydrogens is 372 g/mol. The van der Waals surface area contributed by atoms with Crippen LogP contribution in [0.15, 0.2) is 42.6 Å². The summed E-state index contributed by atoms with van der Waals surface area (Å²) < 4.78 is 0. The van der Waals surface area contributed by atoms with Crippen molar-refractivity contribution in [1.82, 2.24) is 9.88 Å². The van der Waals surface area contributed by atoms with Gasteiger partial charge in [-0.05, 0) is 86.1 Å². The number of rotatable bonds is 4. The van der Waals surface area contributed by atoms with Crippen LogP contribution in [0.2, 0.25) is 5.02 Å². The number of likely N-dealkylation sites (N-methyl/N-ethyl adjacent to an activating group) is 1. The van der Waals surface area contributed by atoms with Crippen molar-refractivity contribution in [3.63, 3.8) is 0 Å². The standard InChI is InChI=1S/C23H25ClN2O2/c1-14-11-21(24)19(18-7-9-25-22(14)18)12-17-8-10-26(2)13-20(17)15-3-5-16(6-4-15)23(27)28/h3-7,9,11,17,20,25H,8,10,12-13H2,1-2H3,(H,27,28)/t17-,20-/m0/s1. The van der Waals surface area contributed by atoms with Gasteiger partial charge >= 0.3 is 5.97 Å². The minimum atomic E-state index is -0.884. The van der Waals surface area contributed by atoms with Crippen LogP contribution >= 0.6 is 11.6 Å². The molecule has 2 atom stereocenters. The summed E-state index contributed by atoms with van der Waals surface area (Å²) >= 11 is 6.67. The molecule has 1 fully saturated rings. The number of nitrogens with one attached hydrogen (secondary N) is 1. The quantitative estimate of drug-likeness (QED) is 0.644. The number of hydrogen-bond donors (Lipinski definition) is 2. The van der Waals surface area contributed by atoms with Crippen molar-refractivity contribution in [1.29, 1.82) is 0 Å². The fourth-order valence-electron chi connectivity index (χ4n) is 4.55. The van der Waals surface area contributed by atoms with E-state index in [9.17, 15) is 9.90 Å². The van der Waals surface area contributed by atoms with Crippen molar-refractivity contribution in [3.05, 3.63) is 69.9 Å². The van der Waals surface area contributed by atoms with E-state index < -0.39 is 5.97 Å². The monoisotopic (exact) mass is 396 g/mol. The van der Waals surface area contributed by atoms with E-state index in [0.29, 0.717) is 17.4 Å². The van der Waals surface area contributed by atoms with Crippen LogP contribution < -0.4 is 0 Å². The van der Waals surface area contributed by atoms with Gasteiger partial charge in [0.25, 0.3) is 0 Å². The summed E-state index contributed by atoms with van der Waals surface area (Å²) in [5.74, 6) is -0.0664. The number of fused-ring (bicyclic) bond motifs is 1. The molecule has 0 saturated carbocycles. The number of hydrogen-bond acceptors (Lipinski definition) is 2. The molecule has 1 aromatic heterocycles. The van der Waals surface area contributed by atoms with Crippen LogP contribution in [0, 0.1) is 12.8 Å². The third-order valence-corrected chi connectivity index (χ3v) is 6.45. The first kappa shape index (κ1) is 19.0. The maximum Gasteiger partial charge on any atom is 0.335 e. The highest BCUT2D eigenvalue weighted by atomic mass is 35.5. The van der Waals surface area contributed by atoms with Crippen LogP contribution in [-0.2, 0) is 6.42 Å². The number of likely N-dealkylation sites (tertiary alicyclic amines) is 1. The van der Waals surface area contributed by atoms with Gasteiger partial charge in [-0.3, -0.25) is 0 Å². The average molecular weight is 397 g/mol. The van der Waals surface area contributed by atoms with E-state index in [1.807, 2.05) is 18.3 Å². The van der Waals surface area contributed by atoms with Crippen LogP contribution in [0.1, 0.15) is 39.4 Å². The molecule has 146 valence electrons. The Labute approximate surface area is 170 Å². The molecule has 0 unspecified atom stereocenters. The van der Waals surface area contributed by atoms with Gasteiger partial charge in [0.2, 0.25) is 0 Å². The summed E-state index contributed by atoms with van der Waals surface area (Å²) in [7, 11) is 2.15. The predicted molar refractivity (Wildman–Crippen MR) is 113 cm³/mol. The topological polar surface area (TPSA) is 56.3 Å². The molecular formula is C23H25ClN2O2. The molecule has 0 bridgehead atoms. The summed E-state index contributed by atoms with van der Waals surface area (Å²) in [6, 6.07) is 11.6. The number of carboxylic acid groups (broad SMARTS) is 1. The molecule has 2 heterocycles. The first-order chi connectivity index (χ1) is 13.4. The zero-order chi connectivity index (χ0) is 19.8. The number of piperidine rings is 1. The van der Waals surface area contributed by atoms with E-state index in [2.05, 4.69) is 36.0 Å². The number of H-pyrrole nitrogens is 1. The molecule has 2 N–H and O–H groups in total. The normalized spacial score (nSPS) is 20.5. The zero-order valence-corrected chi connectivity index (χ0v) is 17.0. The number of aryl methyl sites for hydroxylation is 1. The summed E-state index contributed by atoms with van der Waals surface area (Å²) in [5.41, 5.74) is 5.08. The summed E-state index contributed by atoms with van der Waals surface area (Å²) in [5, 5.41) is 11.2. The van der Waals surface area contributed by atoms with Crippen molar-refractivity contribution in [2.75, 3.05) is 20.1 Å². The maximum atomic E-state index is 11.2. The largest absolute Gasteiger partial charge is 0.478 e. The molecule has 0 aliphatic carbocycles. The van der Waals surface area contributed by atoms with Gasteiger partial charge in [-0.2, -0.15) is 0 Å². The number of halogens is 1. The van der Waals surface area contributed by atoms with Crippen LogP contribution in [0.4, 0.5) is 0 Å². The minimum Gasteiger partial charge on any atom is -0.478 e. The van der Waals surface area contributed by atoms with Gasteiger partial charge in [0.05, 0.1) is 5.56 Å². The zero-order valence-electron chi connectivity index (χ0n) is 16.2. The highest BCUT2D eigenvalue weighted by Gasteiger charge is 2.30. The molecule has 0 spiro atoms. The molecule has 1 aliphatic heterocycles. The molecule has 1 aliphatic rings. The maximum absolute atomic E-state index is 11.2. The second-order valence-corrected chi connectivity index (χ2v) is 8.38. The van der Waals surface area contributed by atoms with Gasteiger partial charge in [0.1, 0.15) is 0 Å². The number of carboxylic acids is 1. The number of aromatic carboxylic acids is 1. The van der Waals surface area contributed by atoms with Crippen LogP contribution in [0.5, 0.6) is 0 Å². The van der Waals surface area contributed by atoms with E-state index in [1.54, 1.807) is 12.1 Å². The first-order valence-corrected chi connectivity index (χ1v) is 10.1. The molecule has 4 nitrogen and oxygen atoms in total. The van der Waals surface area contributed by atoms with Crippen molar-refractivity contribution in [2.45, 2.75) is 25.7 Å². The molecule has 0 radical (unpaired) electrons. The Morgan fingerprint density at radius 3 is 2.75 bits per heavy atom. The first-order valence-electron chi connectivity index (χ1n) is 9.71. The Bertz CT molecular complexity index is 1010. The summed E-state index contributed by atoms with van der Waals surface area (Å²) in [6.45, 7) is 4.11. The third kappa shape index (κ3) is 3.54. The summed E-state index contributed by atoms with van der Waals surface area (Å²) in [4.78, 5) is 16.9. The second kappa shape index (κ2) is 7.61. The number of benzene rings is 2. The third-order valence-electron chi connectivity index (χ3n) is 6.11. The minimum absolute atomic E-state index is 0.333. The Hall–Kier alpha value is -2.30. The lowest BCUT2D eigenvalue weighted by molar-refractivity contribution is 0.0697.